The Kier molecular flexibility index (Phi) is 5.78. The van der Waals surface area contributed by atoms with Gasteiger partial charge in [0.05, 0.1) is 11.1 Å². The molecule has 2 aromatic carbocycles. The van der Waals surface area contributed by atoms with Gasteiger partial charge in [-0.2, -0.15) is 0 Å². The first-order chi connectivity index (χ1) is 14.2. The second-order valence-corrected chi connectivity index (χ2v) is 10.1. The van der Waals surface area contributed by atoms with Crippen LogP contribution in [0.15, 0.2) is 46.9 Å². The molecule has 1 aromatic heterocycles. The summed E-state index contributed by atoms with van der Waals surface area (Å²) in [5, 5.41) is 4.50. The summed E-state index contributed by atoms with van der Waals surface area (Å²) >= 11 is 9.52. The predicted octanol–water partition coefficient (Wildman–Crippen LogP) is 6.84. The summed E-state index contributed by atoms with van der Waals surface area (Å²) in [6.07, 6.45) is 2.33. The van der Waals surface area contributed by atoms with Crippen LogP contribution < -0.4 is 10.2 Å². The lowest BCUT2D eigenvalue weighted by atomic mass is 9.84. The van der Waals surface area contributed by atoms with Crippen molar-refractivity contribution in [3.05, 3.63) is 63.1 Å². The molecule has 0 unspecified atom stereocenters. The van der Waals surface area contributed by atoms with Gasteiger partial charge in [-0.25, -0.2) is 4.98 Å². The zero-order valence-electron chi connectivity index (χ0n) is 17.4. The minimum absolute atomic E-state index is 0.141. The SMILES string of the molecule is Cc1c(N2CCCC(C)(C)C2)nc2ccc(Br)cc2c1C(=O)Nc1ccc(Cl)cc1. The Morgan fingerprint density at radius 2 is 1.93 bits per heavy atom. The Morgan fingerprint density at radius 3 is 2.63 bits per heavy atom. The quantitative estimate of drug-likeness (QED) is 0.441. The maximum Gasteiger partial charge on any atom is 0.256 e. The Morgan fingerprint density at radius 1 is 1.20 bits per heavy atom. The molecule has 30 heavy (non-hydrogen) atoms. The molecule has 1 N–H and O–H groups in total. The molecular formula is C24H25BrClN3O. The molecule has 156 valence electrons. The molecule has 0 saturated carbocycles. The molecule has 0 aliphatic carbocycles. The lowest BCUT2D eigenvalue weighted by Gasteiger charge is -2.39. The van der Waals surface area contributed by atoms with Gasteiger partial charge in [-0.3, -0.25) is 4.79 Å². The van der Waals surface area contributed by atoms with Crippen molar-refractivity contribution in [3.8, 4) is 0 Å². The maximum atomic E-state index is 13.4. The fraction of sp³-hybridized carbons (Fsp3) is 0.333. The number of piperidine rings is 1. The van der Waals surface area contributed by atoms with Crippen molar-refractivity contribution in [2.45, 2.75) is 33.6 Å². The average Bonchev–Trinajstić information content (AvgIpc) is 2.68. The zero-order chi connectivity index (χ0) is 21.5. The third-order valence-electron chi connectivity index (χ3n) is 5.69. The first-order valence-electron chi connectivity index (χ1n) is 10.2. The molecule has 2 heterocycles. The van der Waals surface area contributed by atoms with Crippen LogP contribution in [0.1, 0.15) is 42.6 Å². The molecule has 0 atom stereocenters. The monoisotopic (exact) mass is 485 g/mol. The predicted molar refractivity (Wildman–Crippen MR) is 129 cm³/mol. The highest BCUT2D eigenvalue weighted by Crippen LogP contribution is 2.36. The fourth-order valence-corrected chi connectivity index (χ4v) is 4.74. The van der Waals surface area contributed by atoms with Crippen LogP contribution in [-0.4, -0.2) is 24.0 Å². The summed E-state index contributed by atoms with van der Waals surface area (Å²) in [6, 6.07) is 13.1. The molecule has 0 bridgehead atoms. The number of anilines is 2. The van der Waals surface area contributed by atoms with E-state index in [2.05, 4.69) is 40.0 Å². The number of amides is 1. The second-order valence-electron chi connectivity index (χ2n) is 8.75. The van der Waals surface area contributed by atoms with Crippen molar-refractivity contribution in [1.82, 2.24) is 4.98 Å². The zero-order valence-corrected chi connectivity index (χ0v) is 19.8. The highest BCUT2D eigenvalue weighted by molar-refractivity contribution is 9.10. The van der Waals surface area contributed by atoms with E-state index in [1.54, 1.807) is 12.1 Å². The molecule has 3 aromatic rings. The Hall–Kier alpha value is -2.11. The summed E-state index contributed by atoms with van der Waals surface area (Å²) in [5.41, 5.74) is 3.33. The Labute approximate surface area is 190 Å². The van der Waals surface area contributed by atoms with Gasteiger partial charge < -0.3 is 10.2 Å². The lowest BCUT2D eigenvalue weighted by Crippen LogP contribution is -2.41. The number of halogens is 2. The second kappa shape index (κ2) is 8.20. The molecule has 1 fully saturated rings. The largest absolute Gasteiger partial charge is 0.356 e. The third-order valence-corrected chi connectivity index (χ3v) is 6.44. The van der Waals surface area contributed by atoms with E-state index in [1.807, 2.05) is 37.3 Å². The van der Waals surface area contributed by atoms with Crippen LogP contribution in [-0.2, 0) is 0 Å². The number of pyridine rings is 1. The normalized spacial score (nSPS) is 16.0. The Bertz CT molecular complexity index is 1110. The van der Waals surface area contributed by atoms with Gasteiger partial charge in [0.25, 0.3) is 5.91 Å². The summed E-state index contributed by atoms with van der Waals surface area (Å²) in [4.78, 5) is 20.7. The van der Waals surface area contributed by atoms with Crippen LogP contribution in [0.4, 0.5) is 11.5 Å². The number of benzene rings is 2. The van der Waals surface area contributed by atoms with E-state index in [-0.39, 0.29) is 11.3 Å². The van der Waals surface area contributed by atoms with Crippen LogP contribution in [0.2, 0.25) is 5.02 Å². The summed E-state index contributed by atoms with van der Waals surface area (Å²) in [7, 11) is 0. The van der Waals surface area contributed by atoms with Gasteiger partial charge in [0, 0.05) is 39.2 Å². The van der Waals surface area contributed by atoms with Gasteiger partial charge in [-0.05, 0) is 67.6 Å². The van der Waals surface area contributed by atoms with E-state index in [9.17, 15) is 4.79 Å². The van der Waals surface area contributed by atoms with Crippen molar-refractivity contribution in [2.24, 2.45) is 5.41 Å². The van der Waals surface area contributed by atoms with E-state index in [4.69, 9.17) is 16.6 Å². The average molecular weight is 487 g/mol. The van der Waals surface area contributed by atoms with Gasteiger partial charge in [-0.15, -0.1) is 0 Å². The molecule has 1 aliphatic heterocycles. The highest BCUT2D eigenvalue weighted by Gasteiger charge is 2.29. The molecule has 4 rings (SSSR count). The molecule has 0 radical (unpaired) electrons. The number of hydrogen-bond donors (Lipinski definition) is 1. The number of nitrogens with zero attached hydrogens (tertiary/aromatic N) is 2. The number of carbonyl (C=O) groups excluding carboxylic acids is 1. The molecule has 1 saturated heterocycles. The van der Waals surface area contributed by atoms with Crippen molar-refractivity contribution >= 4 is 55.8 Å². The van der Waals surface area contributed by atoms with Gasteiger partial charge in [0.1, 0.15) is 5.82 Å². The minimum Gasteiger partial charge on any atom is -0.356 e. The topological polar surface area (TPSA) is 45.2 Å². The van der Waals surface area contributed by atoms with Gasteiger partial charge in [0.15, 0.2) is 0 Å². The van der Waals surface area contributed by atoms with E-state index in [1.165, 1.54) is 6.42 Å². The van der Waals surface area contributed by atoms with Crippen LogP contribution in [0.3, 0.4) is 0 Å². The smallest absolute Gasteiger partial charge is 0.256 e. The number of rotatable bonds is 3. The minimum atomic E-state index is -0.141. The van der Waals surface area contributed by atoms with Crippen molar-refractivity contribution in [1.29, 1.82) is 0 Å². The molecule has 1 amide bonds. The van der Waals surface area contributed by atoms with E-state index >= 15 is 0 Å². The van der Waals surface area contributed by atoms with Crippen LogP contribution >= 0.6 is 27.5 Å². The summed E-state index contributed by atoms with van der Waals surface area (Å²) in [5.74, 6) is 0.761. The summed E-state index contributed by atoms with van der Waals surface area (Å²) in [6.45, 7) is 8.47. The number of nitrogens with one attached hydrogen (secondary N) is 1. The summed E-state index contributed by atoms with van der Waals surface area (Å²) < 4.78 is 0.920. The van der Waals surface area contributed by atoms with Gasteiger partial charge in [-0.1, -0.05) is 41.4 Å². The van der Waals surface area contributed by atoms with Crippen LogP contribution in [0.5, 0.6) is 0 Å². The first kappa shape index (κ1) is 21.1. The molecule has 4 nitrogen and oxygen atoms in total. The van der Waals surface area contributed by atoms with Crippen molar-refractivity contribution < 1.29 is 4.79 Å². The number of carbonyl (C=O) groups is 1. The van der Waals surface area contributed by atoms with Gasteiger partial charge in [0.2, 0.25) is 0 Å². The lowest BCUT2D eigenvalue weighted by molar-refractivity contribution is 0.102. The van der Waals surface area contributed by atoms with Crippen LogP contribution in [0, 0.1) is 12.3 Å². The molecular weight excluding hydrogens is 462 g/mol. The highest BCUT2D eigenvalue weighted by atomic mass is 79.9. The maximum absolute atomic E-state index is 13.4. The number of hydrogen-bond acceptors (Lipinski definition) is 3. The molecule has 0 spiro atoms. The number of fused-ring (bicyclic) bond motifs is 1. The standard InChI is InChI=1S/C24H25BrClN3O/c1-15-21(23(30)27-18-8-6-17(26)7-9-18)19-13-16(25)5-10-20(19)28-22(15)29-12-4-11-24(2,3)14-29/h5-10,13H,4,11-12,14H2,1-3H3,(H,27,30). The Balaban J connectivity index is 1.81. The van der Waals surface area contributed by atoms with Crippen molar-refractivity contribution in [2.75, 3.05) is 23.3 Å². The van der Waals surface area contributed by atoms with Crippen LogP contribution in [0.25, 0.3) is 10.9 Å². The molecule has 1 aliphatic rings. The van der Waals surface area contributed by atoms with Crippen molar-refractivity contribution in [3.63, 3.8) is 0 Å². The fourth-order valence-electron chi connectivity index (χ4n) is 4.25. The van der Waals surface area contributed by atoms with E-state index in [0.717, 1.165) is 46.3 Å². The van der Waals surface area contributed by atoms with Gasteiger partial charge >= 0.3 is 0 Å². The molecule has 6 heteroatoms. The first-order valence-corrected chi connectivity index (χ1v) is 11.3. The number of aromatic nitrogens is 1. The van der Waals surface area contributed by atoms with E-state index < -0.39 is 0 Å². The third kappa shape index (κ3) is 4.33. The van der Waals surface area contributed by atoms with E-state index in [0.29, 0.717) is 16.3 Å².